The minimum atomic E-state index is -5.59. The summed E-state index contributed by atoms with van der Waals surface area (Å²) in [6, 6.07) is 4.44. The Hall–Kier alpha value is -4.38. The Labute approximate surface area is 214 Å². The van der Waals surface area contributed by atoms with E-state index in [0.717, 1.165) is 12.1 Å². The summed E-state index contributed by atoms with van der Waals surface area (Å²) in [7, 11) is 0. The van der Waals surface area contributed by atoms with E-state index in [-0.39, 0.29) is 23.5 Å². The highest BCUT2D eigenvalue weighted by molar-refractivity contribution is 5.86. The second kappa shape index (κ2) is 10.3. The van der Waals surface area contributed by atoms with Crippen molar-refractivity contribution < 1.29 is 71.6 Å². The van der Waals surface area contributed by atoms with Crippen molar-refractivity contribution in [2.24, 2.45) is 0 Å². The van der Waals surface area contributed by atoms with Gasteiger partial charge in [-0.1, -0.05) is 0 Å². The van der Waals surface area contributed by atoms with Crippen molar-refractivity contribution in [2.45, 2.75) is 25.4 Å². The average Bonchev–Trinajstić information content (AvgIpc) is 2.71. The van der Waals surface area contributed by atoms with Crippen molar-refractivity contribution in [2.75, 3.05) is 11.5 Å². The Morgan fingerprint density at radius 3 is 0.875 bits per heavy atom. The van der Waals surface area contributed by atoms with E-state index >= 15 is 0 Å². The second-order valence-corrected chi connectivity index (χ2v) is 7.55. The highest BCUT2D eigenvalue weighted by Crippen LogP contribution is 2.49. The fourth-order valence-electron chi connectivity index (χ4n) is 3.34. The molecule has 0 saturated carbocycles. The number of nitrogen functional groups attached to an aromatic ring is 2. The predicted molar refractivity (Wildman–Crippen MR) is 113 cm³/mol. The zero-order chi connectivity index (χ0) is 30.3. The van der Waals surface area contributed by atoms with Crippen molar-refractivity contribution in [1.82, 2.24) is 0 Å². The summed E-state index contributed by atoms with van der Waals surface area (Å²) in [5, 5.41) is 0. The molecule has 4 N–H and O–H groups in total. The van der Waals surface area contributed by atoms with E-state index in [1.54, 1.807) is 0 Å². The maximum atomic E-state index is 13.3. The van der Waals surface area contributed by atoms with Gasteiger partial charge in [-0.05, 0) is 36.4 Å². The first-order chi connectivity index (χ1) is 18.1. The second-order valence-electron chi connectivity index (χ2n) is 7.55. The van der Waals surface area contributed by atoms with Crippen molar-refractivity contribution in [3.8, 4) is 45.3 Å². The van der Waals surface area contributed by atoms with Crippen LogP contribution in [0.15, 0.2) is 48.5 Å². The maximum Gasteiger partial charge on any atom is 0.573 e. The van der Waals surface area contributed by atoms with Crippen LogP contribution in [0.2, 0.25) is 0 Å². The van der Waals surface area contributed by atoms with Crippen LogP contribution < -0.4 is 30.4 Å². The normalized spacial score (nSPS) is 12.7. The molecule has 0 aliphatic rings. The molecule has 3 aromatic carbocycles. The van der Waals surface area contributed by atoms with Crippen molar-refractivity contribution in [1.29, 1.82) is 0 Å². The largest absolute Gasteiger partial charge is 0.573 e. The molecule has 0 aliphatic heterocycles. The summed E-state index contributed by atoms with van der Waals surface area (Å²) in [5.41, 5.74) is 6.02. The molecule has 3 aromatic rings. The monoisotopic (exact) mass is 596 g/mol. The third-order valence-corrected chi connectivity index (χ3v) is 4.58. The van der Waals surface area contributed by atoms with Crippen molar-refractivity contribution in [3.05, 3.63) is 48.5 Å². The van der Waals surface area contributed by atoms with Gasteiger partial charge >= 0.3 is 25.4 Å². The lowest BCUT2D eigenvalue weighted by molar-refractivity contribution is -0.277. The number of hydrogen-bond acceptors (Lipinski definition) is 6. The van der Waals surface area contributed by atoms with E-state index in [4.69, 9.17) is 11.5 Å². The van der Waals surface area contributed by atoms with Crippen LogP contribution in [0.25, 0.3) is 22.3 Å². The molecule has 3 rings (SSSR count). The van der Waals surface area contributed by atoms with Crippen LogP contribution in [0, 0.1) is 0 Å². The first-order valence-electron chi connectivity index (χ1n) is 10.1. The number of hydrogen-bond donors (Lipinski definition) is 2. The quantitative estimate of drug-likeness (QED) is 0.223. The third kappa shape index (κ3) is 8.31. The lowest BCUT2D eigenvalue weighted by Gasteiger charge is -2.22. The molecular weight excluding hydrogens is 584 g/mol. The minimum Gasteiger partial charge on any atom is -0.405 e. The fraction of sp³-hybridized carbons (Fsp3) is 0.182. The zero-order valence-electron chi connectivity index (χ0n) is 18.9. The summed E-state index contributed by atoms with van der Waals surface area (Å²) in [5.74, 6) is -5.41. The highest BCUT2D eigenvalue weighted by Gasteiger charge is 2.39. The summed E-state index contributed by atoms with van der Waals surface area (Å²) in [4.78, 5) is 0. The molecule has 6 nitrogen and oxygen atoms in total. The molecule has 40 heavy (non-hydrogen) atoms. The van der Waals surface area contributed by atoms with Gasteiger partial charge in [0.25, 0.3) is 0 Å². The van der Waals surface area contributed by atoms with E-state index in [9.17, 15) is 52.7 Å². The number of rotatable bonds is 6. The zero-order valence-corrected chi connectivity index (χ0v) is 18.9. The van der Waals surface area contributed by atoms with Gasteiger partial charge in [-0.25, -0.2) is 0 Å². The molecule has 18 heteroatoms. The predicted octanol–water partition coefficient (Wildman–Crippen LogP) is 7.78. The number of alkyl halides is 12. The minimum absolute atomic E-state index is 0.159. The first-order valence-corrected chi connectivity index (χ1v) is 10.1. The van der Waals surface area contributed by atoms with Crippen LogP contribution in [0.4, 0.5) is 64.1 Å². The maximum absolute atomic E-state index is 13.3. The number of anilines is 2. The van der Waals surface area contributed by atoms with Crippen LogP contribution in [0.3, 0.4) is 0 Å². The molecule has 0 heterocycles. The van der Waals surface area contributed by atoms with Crippen LogP contribution >= 0.6 is 0 Å². The molecule has 0 radical (unpaired) electrons. The molecule has 0 unspecified atom stereocenters. The highest BCUT2D eigenvalue weighted by atomic mass is 19.4. The summed E-state index contributed by atoms with van der Waals surface area (Å²) in [6.07, 6.45) is -22.1. The lowest BCUT2D eigenvalue weighted by atomic mass is 9.96. The summed E-state index contributed by atoms with van der Waals surface area (Å²) >= 11 is 0. The SMILES string of the molecule is Nc1ccc(-c2cc(OC(F)(F)F)c(-c3ccc(N)cc3OC(F)(F)F)cc2OC(F)(F)F)c(OC(F)(F)F)c1. The molecule has 218 valence electrons. The van der Waals surface area contributed by atoms with Gasteiger partial charge in [0, 0.05) is 45.8 Å². The standard InChI is InChI=1S/C22H12F12N2O4/c23-19(24,25)37-15-5-9(35)1-3-11(15)13-7-18(40-22(32,33)34)14(8-17(13)39-21(29,30)31)12-4-2-10(36)6-16(12)38-20(26,27)28/h1-8H,35-36H2. The molecule has 0 saturated heterocycles. The lowest BCUT2D eigenvalue weighted by Crippen LogP contribution is -2.21. The van der Waals surface area contributed by atoms with Gasteiger partial charge in [0.15, 0.2) is 0 Å². The van der Waals surface area contributed by atoms with Crippen LogP contribution in [0.1, 0.15) is 0 Å². The molecule has 0 fully saturated rings. The van der Waals surface area contributed by atoms with E-state index in [0.29, 0.717) is 24.3 Å². The van der Waals surface area contributed by atoms with E-state index in [1.807, 2.05) is 0 Å². The van der Waals surface area contributed by atoms with Crippen LogP contribution in [-0.4, -0.2) is 25.4 Å². The van der Waals surface area contributed by atoms with Gasteiger partial charge in [-0.2, -0.15) is 0 Å². The fourth-order valence-corrected chi connectivity index (χ4v) is 3.34. The number of benzene rings is 3. The smallest absolute Gasteiger partial charge is 0.405 e. The Morgan fingerprint density at radius 1 is 0.375 bits per heavy atom. The van der Waals surface area contributed by atoms with Gasteiger partial charge in [0.2, 0.25) is 0 Å². The van der Waals surface area contributed by atoms with E-state index < -0.39 is 70.7 Å². The third-order valence-electron chi connectivity index (χ3n) is 4.58. The van der Waals surface area contributed by atoms with Crippen molar-refractivity contribution >= 4 is 11.4 Å². The number of ether oxygens (including phenoxy) is 4. The number of halogens is 12. The molecule has 0 aromatic heterocycles. The van der Waals surface area contributed by atoms with Crippen LogP contribution in [-0.2, 0) is 0 Å². The molecule has 0 spiro atoms. The molecular formula is C22H12F12N2O4. The van der Waals surface area contributed by atoms with E-state index in [2.05, 4.69) is 18.9 Å². The van der Waals surface area contributed by atoms with Gasteiger partial charge < -0.3 is 30.4 Å². The van der Waals surface area contributed by atoms with Gasteiger partial charge in [-0.3, -0.25) is 0 Å². The first kappa shape index (κ1) is 30.2. The number of nitrogens with two attached hydrogens (primary N) is 2. The Kier molecular flexibility index (Phi) is 7.77. The van der Waals surface area contributed by atoms with Crippen LogP contribution in [0.5, 0.6) is 23.0 Å². The van der Waals surface area contributed by atoms with E-state index in [1.165, 1.54) is 0 Å². The topological polar surface area (TPSA) is 89.0 Å². The molecule has 0 bridgehead atoms. The molecule has 0 aliphatic carbocycles. The summed E-state index contributed by atoms with van der Waals surface area (Å²) in [6.45, 7) is 0. The van der Waals surface area contributed by atoms with Gasteiger partial charge in [0.05, 0.1) is 0 Å². The Bertz CT molecular complexity index is 1280. The average molecular weight is 596 g/mol. The molecule has 0 atom stereocenters. The van der Waals surface area contributed by atoms with Gasteiger partial charge in [-0.15, -0.1) is 52.7 Å². The Balaban J connectivity index is 2.41. The summed E-state index contributed by atoms with van der Waals surface area (Å²) < 4.78 is 173. The van der Waals surface area contributed by atoms with Gasteiger partial charge in [0.1, 0.15) is 23.0 Å². The Morgan fingerprint density at radius 2 is 0.625 bits per heavy atom. The molecule has 0 amide bonds. The van der Waals surface area contributed by atoms with Crippen molar-refractivity contribution in [3.63, 3.8) is 0 Å².